The van der Waals surface area contributed by atoms with Gasteiger partial charge in [0.1, 0.15) is 0 Å². The predicted octanol–water partition coefficient (Wildman–Crippen LogP) is 4.35. The van der Waals surface area contributed by atoms with Gasteiger partial charge in [-0.2, -0.15) is 0 Å². The maximum Gasteiger partial charge on any atom is 0.230 e. The highest BCUT2D eigenvalue weighted by molar-refractivity contribution is 7.13. The number of hydrogen-bond acceptors (Lipinski definition) is 5. The van der Waals surface area contributed by atoms with Gasteiger partial charge in [0.05, 0.1) is 19.5 Å². The van der Waals surface area contributed by atoms with Crippen LogP contribution < -0.4 is 11.1 Å². The summed E-state index contributed by atoms with van der Waals surface area (Å²) in [5.74, 6) is -1.12. The number of anilines is 2. The van der Waals surface area contributed by atoms with E-state index in [1.807, 2.05) is 0 Å². The zero-order valence-electron chi connectivity index (χ0n) is 23.8. The largest absolute Gasteiger partial charge is 0.388 e. The molecule has 2 aromatic carbocycles. The quantitative estimate of drug-likeness (QED) is 0.495. The SMILES string of the molecule is [2H]c1sc(N)nc1C([2H])([2H])C(=O)Nc1ccc(C([2H])([2H])C([2H])([2H])CC([2H])([2H])[C@H](O)c2ccccc2)cc1. The molecular formula is C22H25N3O2S. The molecule has 0 spiro atoms. The first-order chi connectivity index (χ1) is 17.0. The van der Waals surface area contributed by atoms with Crippen molar-refractivity contribution < 1.29 is 22.2 Å². The zero-order valence-corrected chi connectivity index (χ0v) is 15.6. The highest BCUT2D eigenvalue weighted by Crippen LogP contribution is 2.20. The maximum atomic E-state index is 12.5. The van der Waals surface area contributed by atoms with Gasteiger partial charge >= 0.3 is 0 Å². The highest BCUT2D eigenvalue weighted by atomic mass is 32.1. The van der Waals surface area contributed by atoms with Crippen LogP contribution >= 0.6 is 11.3 Å². The van der Waals surface area contributed by atoms with Gasteiger partial charge in [0.25, 0.3) is 0 Å². The van der Waals surface area contributed by atoms with Crippen LogP contribution in [0.3, 0.4) is 0 Å². The molecule has 1 heterocycles. The number of nitrogens with zero attached hydrogens (tertiary/aromatic N) is 1. The third-order valence-electron chi connectivity index (χ3n) is 3.58. The van der Waals surface area contributed by atoms with Crippen molar-refractivity contribution in [2.75, 3.05) is 11.1 Å². The van der Waals surface area contributed by atoms with Crippen LogP contribution in [0.1, 0.15) is 54.4 Å². The van der Waals surface area contributed by atoms with Crippen LogP contribution in [0.15, 0.2) is 60.0 Å². The van der Waals surface area contributed by atoms with E-state index in [0.29, 0.717) is 0 Å². The first-order valence-electron chi connectivity index (χ1n) is 12.9. The van der Waals surface area contributed by atoms with Gasteiger partial charge in [-0.25, -0.2) is 4.98 Å². The summed E-state index contributed by atoms with van der Waals surface area (Å²) in [4.78, 5) is 16.2. The summed E-state index contributed by atoms with van der Waals surface area (Å²) < 4.78 is 73.7. The molecule has 0 bridgehead atoms. The molecule has 0 radical (unpaired) electrons. The van der Waals surface area contributed by atoms with Gasteiger partial charge in [0.15, 0.2) is 5.13 Å². The normalized spacial score (nSPS) is 18.7. The number of benzene rings is 2. The van der Waals surface area contributed by atoms with Crippen molar-refractivity contribution in [3.05, 3.63) is 76.8 Å². The van der Waals surface area contributed by atoms with Crippen molar-refractivity contribution in [1.82, 2.24) is 4.98 Å². The third-order valence-corrected chi connectivity index (χ3v) is 4.18. The van der Waals surface area contributed by atoms with E-state index >= 15 is 0 Å². The number of carbonyl (C=O) groups excluding carboxylic acids is 1. The molecule has 0 saturated heterocycles. The Bertz CT molecular complexity index is 1250. The molecule has 6 heteroatoms. The van der Waals surface area contributed by atoms with E-state index in [1.165, 1.54) is 36.4 Å². The van der Waals surface area contributed by atoms with Crippen molar-refractivity contribution in [1.29, 1.82) is 0 Å². The predicted molar refractivity (Wildman–Crippen MR) is 114 cm³/mol. The molecule has 0 fully saturated rings. The van der Waals surface area contributed by atoms with E-state index in [2.05, 4.69) is 10.3 Å². The summed E-state index contributed by atoms with van der Waals surface area (Å²) in [6.45, 7) is 0. The molecule has 3 rings (SSSR count). The first kappa shape index (κ1) is 11.3. The standard InChI is InChI=1S/C22H25N3O2S/c23-22-25-19(15-28-22)14-21(27)24-18-12-10-16(11-13-18)6-4-5-9-20(26)17-7-2-1-3-8-17/h1-3,7-8,10-13,15,20,26H,4-6,9,14H2,(H2,23,25)(H,24,27)/t20-/m0/s1/i4D2,6D2,9D2,14D2,15D. The van der Waals surface area contributed by atoms with Gasteiger partial charge in [0, 0.05) is 22.0 Å². The minimum absolute atomic E-state index is 0.0572. The Morgan fingerprint density at radius 1 is 1.25 bits per heavy atom. The van der Waals surface area contributed by atoms with E-state index in [9.17, 15) is 9.90 Å². The number of nitrogens with one attached hydrogen (secondary N) is 1. The minimum Gasteiger partial charge on any atom is -0.388 e. The number of aryl methyl sites for hydroxylation is 1. The number of thiazole rings is 1. The number of carbonyl (C=O) groups is 1. The summed E-state index contributed by atoms with van der Waals surface area (Å²) in [7, 11) is 0. The third kappa shape index (κ3) is 6.18. The number of nitrogens with two attached hydrogens (primary N) is 1. The van der Waals surface area contributed by atoms with Gasteiger partial charge in [0.2, 0.25) is 5.91 Å². The van der Waals surface area contributed by atoms with E-state index in [4.69, 9.17) is 18.1 Å². The van der Waals surface area contributed by atoms with Crippen LogP contribution in [0.5, 0.6) is 0 Å². The second-order valence-corrected chi connectivity index (χ2v) is 6.48. The van der Waals surface area contributed by atoms with E-state index in [1.54, 1.807) is 18.2 Å². The van der Waals surface area contributed by atoms with Crippen molar-refractivity contribution in [2.24, 2.45) is 0 Å². The van der Waals surface area contributed by atoms with Gasteiger partial charge < -0.3 is 16.2 Å². The molecule has 0 saturated carbocycles. The smallest absolute Gasteiger partial charge is 0.230 e. The van der Waals surface area contributed by atoms with Gasteiger partial charge in [-0.1, -0.05) is 48.9 Å². The van der Waals surface area contributed by atoms with Crippen molar-refractivity contribution >= 4 is 28.1 Å². The molecule has 3 aromatic rings. The maximum absolute atomic E-state index is 12.5. The number of aromatic nitrogens is 1. The van der Waals surface area contributed by atoms with E-state index < -0.39 is 49.6 Å². The molecule has 146 valence electrons. The fraction of sp³-hybridized carbons (Fsp3) is 0.273. The lowest BCUT2D eigenvalue weighted by Crippen LogP contribution is -2.14. The molecular weight excluding hydrogens is 370 g/mol. The Morgan fingerprint density at radius 3 is 2.68 bits per heavy atom. The molecule has 0 aliphatic carbocycles. The second kappa shape index (κ2) is 10.0. The van der Waals surface area contributed by atoms with Crippen LogP contribution in [-0.4, -0.2) is 16.0 Å². The number of nitrogen functional groups attached to an aromatic ring is 1. The van der Waals surface area contributed by atoms with Crippen LogP contribution in [0.2, 0.25) is 0 Å². The van der Waals surface area contributed by atoms with Crippen molar-refractivity contribution in [2.45, 2.75) is 38.0 Å². The molecule has 0 unspecified atom stereocenters. The fourth-order valence-electron chi connectivity index (χ4n) is 2.26. The number of amides is 1. The second-order valence-electron chi connectivity index (χ2n) is 5.66. The number of aliphatic hydroxyl groups excluding tert-OH is 1. The van der Waals surface area contributed by atoms with E-state index in [-0.39, 0.29) is 27.3 Å². The minimum atomic E-state index is -2.75. The molecule has 1 atom stereocenters. The molecule has 5 nitrogen and oxygen atoms in total. The lowest BCUT2D eigenvalue weighted by molar-refractivity contribution is -0.115. The lowest BCUT2D eigenvalue weighted by atomic mass is 10.0. The van der Waals surface area contributed by atoms with Gasteiger partial charge in [-0.05, 0) is 42.4 Å². The lowest BCUT2D eigenvalue weighted by Gasteiger charge is -2.10. The Balaban J connectivity index is 1.76. The van der Waals surface area contributed by atoms with Gasteiger partial charge in [-0.3, -0.25) is 4.79 Å². The highest BCUT2D eigenvalue weighted by Gasteiger charge is 2.08. The zero-order chi connectivity index (χ0) is 27.8. The van der Waals surface area contributed by atoms with Crippen LogP contribution in [0.25, 0.3) is 0 Å². The summed E-state index contributed by atoms with van der Waals surface area (Å²) in [5, 5.41) is 12.5. The molecule has 28 heavy (non-hydrogen) atoms. The molecule has 0 aliphatic heterocycles. The molecule has 0 aliphatic rings. The molecule has 1 amide bonds. The summed E-state index contributed by atoms with van der Waals surface area (Å²) in [6.07, 6.45) is -13.2. The van der Waals surface area contributed by atoms with Crippen molar-refractivity contribution in [3.8, 4) is 0 Å². The Kier molecular flexibility index (Phi) is 4.05. The number of hydrogen-bond donors (Lipinski definition) is 3. The Hall–Kier alpha value is -2.70. The summed E-state index contributed by atoms with van der Waals surface area (Å²) >= 11 is 0.725. The topological polar surface area (TPSA) is 88.2 Å². The van der Waals surface area contributed by atoms with Crippen molar-refractivity contribution in [3.63, 3.8) is 0 Å². The monoisotopic (exact) mass is 404 g/mol. The summed E-state index contributed by atoms with van der Waals surface area (Å²) in [5.41, 5.74) is 5.23. The van der Waals surface area contributed by atoms with Crippen LogP contribution in [0.4, 0.5) is 10.8 Å². The molecule has 1 aromatic heterocycles. The Morgan fingerprint density at radius 2 is 2.00 bits per heavy atom. The van der Waals surface area contributed by atoms with E-state index in [0.717, 1.165) is 11.3 Å². The Labute approximate surface area is 181 Å². The fourth-order valence-corrected chi connectivity index (χ4v) is 2.70. The average Bonchev–Trinajstić information content (AvgIpc) is 3.17. The van der Waals surface area contributed by atoms with Crippen LogP contribution in [-0.2, 0) is 17.5 Å². The molecule has 4 N–H and O–H groups in total. The average molecular weight is 405 g/mol. The number of rotatable bonds is 9. The summed E-state index contributed by atoms with van der Waals surface area (Å²) in [6, 6.07) is 12.8. The first-order valence-corrected chi connectivity index (χ1v) is 9.19. The van der Waals surface area contributed by atoms with Crippen LogP contribution in [0, 0.1) is 0 Å². The van der Waals surface area contributed by atoms with Gasteiger partial charge in [-0.15, -0.1) is 11.3 Å². The number of aliphatic hydroxyl groups is 1.